The van der Waals surface area contributed by atoms with Gasteiger partial charge in [-0.2, -0.15) is 8.42 Å². The highest BCUT2D eigenvalue weighted by molar-refractivity contribution is 7.87. The lowest BCUT2D eigenvalue weighted by molar-refractivity contribution is 0.0681. The zero-order valence-electron chi connectivity index (χ0n) is 10.7. The first-order chi connectivity index (χ1) is 9.35. The van der Waals surface area contributed by atoms with Crippen LogP contribution in [0, 0.1) is 5.92 Å². The Morgan fingerprint density at radius 1 is 1.55 bits per heavy atom. The third kappa shape index (κ3) is 4.42. The van der Waals surface area contributed by atoms with Crippen molar-refractivity contribution in [3.8, 4) is 0 Å². The lowest BCUT2D eigenvalue weighted by atomic mass is 9.98. The van der Waals surface area contributed by atoms with Crippen molar-refractivity contribution in [3.05, 3.63) is 21.3 Å². The van der Waals surface area contributed by atoms with E-state index in [1.54, 1.807) is 17.0 Å². The van der Waals surface area contributed by atoms with Crippen LogP contribution in [0.25, 0.3) is 0 Å². The second-order valence-corrected chi connectivity index (χ2v) is 7.85. The molecule has 1 aromatic rings. The molecule has 0 bridgehead atoms. The summed E-state index contributed by atoms with van der Waals surface area (Å²) in [6.45, 7) is 1.46. The van der Waals surface area contributed by atoms with E-state index < -0.39 is 10.2 Å². The number of hydrogen-bond acceptors (Lipinski definition) is 4. The van der Waals surface area contributed by atoms with Crippen molar-refractivity contribution in [2.45, 2.75) is 12.8 Å². The average Bonchev–Trinajstić information content (AvgIpc) is 2.82. The Balaban J connectivity index is 1.94. The summed E-state index contributed by atoms with van der Waals surface area (Å²) in [5, 5.41) is 4.91. The molecule has 0 spiro atoms. The molecule has 1 aromatic heterocycles. The topological polar surface area (TPSA) is 92.5 Å². The molecular weight excluding hydrogens is 322 g/mol. The number of rotatable bonds is 4. The van der Waals surface area contributed by atoms with Gasteiger partial charge in [0.2, 0.25) is 0 Å². The number of nitrogens with zero attached hydrogens (tertiary/aromatic N) is 1. The summed E-state index contributed by atoms with van der Waals surface area (Å²) in [5.41, 5.74) is 0. The lowest BCUT2D eigenvalue weighted by Crippen LogP contribution is -2.44. The molecule has 0 saturated carbocycles. The van der Waals surface area contributed by atoms with Crippen LogP contribution in [-0.4, -0.2) is 38.9 Å². The SMILES string of the molecule is NS(=O)(=O)NCC1CCCN(C(=O)c2ccc(Cl)s2)C1. The van der Waals surface area contributed by atoms with Crippen LogP contribution in [0.3, 0.4) is 0 Å². The molecule has 112 valence electrons. The van der Waals surface area contributed by atoms with E-state index in [1.807, 2.05) is 0 Å². The Morgan fingerprint density at radius 3 is 2.90 bits per heavy atom. The molecule has 2 heterocycles. The number of nitrogens with one attached hydrogen (secondary N) is 1. The van der Waals surface area contributed by atoms with Gasteiger partial charge >= 0.3 is 0 Å². The maximum atomic E-state index is 12.3. The Hall–Kier alpha value is -0.670. The van der Waals surface area contributed by atoms with Gasteiger partial charge in [0.15, 0.2) is 0 Å². The van der Waals surface area contributed by atoms with Crippen molar-refractivity contribution in [1.82, 2.24) is 9.62 Å². The number of amides is 1. The fraction of sp³-hybridized carbons (Fsp3) is 0.545. The van der Waals surface area contributed by atoms with E-state index in [1.165, 1.54) is 11.3 Å². The summed E-state index contributed by atoms with van der Waals surface area (Å²) in [6.07, 6.45) is 1.72. The van der Waals surface area contributed by atoms with Gasteiger partial charge in [-0.1, -0.05) is 11.6 Å². The van der Waals surface area contributed by atoms with Gasteiger partial charge in [0, 0.05) is 19.6 Å². The van der Waals surface area contributed by atoms with Gasteiger partial charge in [-0.05, 0) is 30.9 Å². The van der Waals surface area contributed by atoms with Gasteiger partial charge in [0.25, 0.3) is 16.1 Å². The predicted molar refractivity (Wildman–Crippen MR) is 79.1 cm³/mol. The van der Waals surface area contributed by atoms with E-state index in [2.05, 4.69) is 4.72 Å². The second kappa shape index (κ2) is 6.40. The molecule has 1 aliphatic heterocycles. The van der Waals surface area contributed by atoms with Crippen LogP contribution in [0.4, 0.5) is 0 Å². The number of hydrogen-bond donors (Lipinski definition) is 2. The van der Waals surface area contributed by atoms with Gasteiger partial charge in [-0.15, -0.1) is 11.3 Å². The molecule has 1 saturated heterocycles. The van der Waals surface area contributed by atoms with E-state index in [9.17, 15) is 13.2 Å². The minimum atomic E-state index is -3.68. The van der Waals surface area contributed by atoms with Crippen LogP contribution >= 0.6 is 22.9 Å². The highest BCUT2D eigenvalue weighted by Crippen LogP contribution is 2.25. The number of carbonyl (C=O) groups excluding carboxylic acids is 1. The highest BCUT2D eigenvalue weighted by atomic mass is 35.5. The third-order valence-corrected chi connectivity index (χ3v) is 4.95. The molecule has 6 nitrogen and oxygen atoms in total. The average molecular weight is 338 g/mol. The monoisotopic (exact) mass is 337 g/mol. The van der Waals surface area contributed by atoms with Crippen molar-refractivity contribution in [2.75, 3.05) is 19.6 Å². The van der Waals surface area contributed by atoms with Crippen molar-refractivity contribution in [2.24, 2.45) is 11.1 Å². The summed E-state index contributed by atoms with van der Waals surface area (Å²) in [4.78, 5) is 14.6. The molecule has 9 heteroatoms. The molecule has 1 fully saturated rings. The molecule has 0 aliphatic carbocycles. The van der Waals surface area contributed by atoms with Crippen molar-refractivity contribution < 1.29 is 13.2 Å². The Morgan fingerprint density at radius 2 is 2.30 bits per heavy atom. The van der Waals surface area contributed by atoms with Crippen molar-refractivity contribution in [1.29, 1.82) is 0 Å². The first-order valence-electron chi connectivity index (χ1n) is 6.17. The van der Waals surface area contributed by atoms with Crippen molar-refractivity contribution in [3.63, 3.8) is 0 Å². The van der Waals surface area contributed by atoms with Crippen LogP contribution in [0.1, 0.15) is 22.5 Å². The van der Waals surface area contributed by atoms with Gasteiger partial charge in [-0.25, -0.2) is 9.86 Å². The van der Waals surface area contributed by atoms with E-state index in [0.29, 0.717) is 22.3 Å². The summed E-state index contributed by atoms with van der Waals surface area (Å²) < 4.78 is 24.6. The van der Waals surface area contributed by atoms with E-state index in [4.69, 9.17) is 16.7 Å². The molecular formula is C11H16ClN3O3S2. The van der Waals surface area contributed by atoms with Crippen molar-refractivity contribution >= 4 is 39.1 Å². The van der Waals surface area contributed by atoms with E-state index in [0.717, 1.165) is 12.8 Å². The number of nitrogens with two attached hydrogens (primary N) is 1. The molecule has 20 heavy (non-hydrogen) atoms. The molecule has 0 radical (unpaired) electrons. The first-order valence-corrected chi connectivity index (χ1v) is 8.91. The Bertz CT molecular complexity index is 587. The fourth-order valence-electron chi connectivity index (χ4n) is 2.24. The fourth-order valence-corrected chi connectivity index (χ4v) is 3.71. The van der Waals surface area contributed by atoms with Crippen LogP contribution in [0.5, 0.6) is 0 Å². The predicted octanol–water partition coefficient (Wildman–Crippen LogP) is 1.05. The van der Waals surface area contributed by atoms with Crippen LogP contribution in [0.15, 0.2) is 12.1 Å². The smallest absolute Gasteiger partial charge is 0.274 e. The van der Waals surface area contributed by atoms with E-state index >= 15 is 0 Å². The van der Waals surface area contributed by atoms with Gasteiger partial charge in [0.1, 0.15) is 0 Å². The molecule has 1 aliphatic rings. The lowest BCUT2D eigenvalue weighted by Gasteiger charge is -2.32. The highest BCUT2D eigenvalue weighted by Gasteiger charge is 2.25. The summed E-state index contributed by atoms with van der Waals surface area (Å²) >= 11 is 7.08. The third-order valence-electron chi connectivity index (χ3n) is 3.16. The molecule has 3 N–H and O–H groups in total. The maximum absolute atomic E-state index is 12.3. The first kappa shape index (κ1) is 15.7. The normalized spacial score (nSPS) is 20.1. The Labute approximate surface area is 127 Å². The zero-order chi connectivity index (χ0) is 14.8. The van der Waals surface area contributed by atoms with Crippen LogP contribution in [-0.2, 0) is 10.2 Å². The standard InChI is InChI=1S/C11H16ClN3O3S2/c12-10-4-3-9(19-10)11(16)15-5-1-2-8(7-15)6-14-20(13,17)18/h3-4,8,14H,1-2,5-7H2,(H2,13,17,18). The van der Waals surface area contributed by atoms with Crippen LogP contribution < -0.4 is 9.86 Å². The van der Waals surface area contributed by atoms with Gasteiger partial charge in [0.05, 0.1) is 9.21 Å². The second-order valence-electron chi connectivity index (χ2n) is 4.76. The number of thiophene rings is 1. The quantitative estimate of drug-likeness (QED) is 0.860. The zero-order valence-corrected chi connectivity index (χ0v) is 13.1. The summed E-state index contributed by atoms with van der Waals surface area (Å²) in [6, 6.07) is 3.41. The number of carbonyl (C=O) groups is 1. The van der Waals surface area contributed by atoms with Gasteiger partial charge in [-0.3, -0.25) is 4.79 Å². The molecule has 1 atom stereocenters. The molecule has 1 unspecified atom stereocenters. The van der Waals surface area contributed by atoms with E-state index in [-0.39, 0.29) is 18.4 Å². The number of likely N-dealkylation sites (tertiary alicyclic amines) is 1. The molecule has 2 rings (SSSR count). The maximum Gasteiger partial charge on any atom is 0.274 e. The largest absolute Gasteiger partial charge is 0.338 e. The molecule has 0 aromatic carbocycles. The van der Waals surface area contributed by atoms with Crippen LogP contribution in [0.2, 0.25) is 4.34 Å². The Kier molecular flexibility index (Phi) is 5.03. The summed E-state index contributed by atoms with van der Waals surface area (Å²) in [5.74, 6) is 0.0312. The number of piperidine rings is 1. The number of halogens is 1. The molecule has 1 amide bonds. The summed E-state index contributed by atoms with van der Waals surface area (Å²) in [7, 11) is -3.68. The van der Waals surface area contributed by atoms with Gasteiger partial charge < -0.3 is 4.90 Å². The minimum Gasteiger partial charge on any atom is -0.338 e. The minimum absolute atomic E-state index is 0.0535.